The molecule has 1 nitrogen and oxygen atoms in total. The van der Waals surface area contributed by atoms with Gasteiger partial charge in [0, 0.05) is 12.7 Å². The van der Waals surface area contributed by atoms with Crippen molar-refractivity contribution >= 4 is 5.69 Å². The van der Waals surface area contributed by atoms with Gasteiger partial charge in [-0.3, -0.25) is 0 Å². The van der Waals surface area contributed by atoms with Gasteiger partial charge < -0.3 is 4.90 Å². The highest BCUT2D eigenvalue weighted by Gasteiger charge is 1.98. The summed E-state index contributed by atoms with van der Waals surface area (Å²) in [5, 5.41) is 0. The Morgan fingerprint density at radius 3 is 2.42 bits per heavy atom. The zero-order chi connectivity index (χ0) is 8.97. The van der Waals surface area contributed by atoms with Crippen molar-refractivity contribution in [3.8, 4) is 0 Å². The van der Waals surface area contributed by atoms with Crippen LogP contribution in [0.25, 0.3) is 0 Å². The van der Waals surface area contributed by atoms with Crippen LogP contribution in [0.4, 0.5) is 5.69 Å². The molecule has 0 fully saturated rings. The molecule has 0 aromatic heterocycles. The van der Waals surface area contributed by atoms with Crippen LogP contribution in [0.5, 0.6) is 0 Å². The van der Waals surface area contributed by atoms with Crippen LogP contribution in [0, 0.1) is 6.54 Å². The van der Waals surface area contributed by atoms with E-state index in [-0.39, 0.29) is 0 Å². The molecule has 0 heterocycles. The topological polar surface area (TPSA) is 3.24 Å². The van der Waals surface area contributed by atoms with E-state index in [1.54, 1.807) is 0 Å². The summed E-state index contributed by atoms with van der Waals surface area (Å²) in [5.74, 6) is 0. The molecule has 0 amide bonds. The Kier molecular flexibility index (Phi) is 2.92. The molecule has 0 aliphatic rings. The lowest BCUT2D eigenvalue weighted by molar-refractivity contribution is 1.10. The molecule has 0 saturated carbocycles. The second-order valence-electron chi connectivity index (χ2n) is 2.92. The molecule has 1 heteroatoms. The van der Waals surface area contributed by atoms with Gasteiger partial charge in [-0.25, -0.2) is 0 Å². The SMILES string of the molecule is C=C(C)[CH]N(C)c1ccccc1. The van der Waals surface area contributed by atoms with Crippen molar-refractivity contribution in [3.63, 3.8) is 0 Å². The summed E-state index contributed by atoms with van der Waals surface area (Å²) in [7, 11) is 2.02. The highest BCUT2D eigenvalue weighted by atomic mass is 15.1. The minimum absolute atomic E-state index is 1.06. The summed E-state index contributed by atoms with van der Waals surface area (Å²) < 4.78 is 0. The minimum atomic E-state index is 1.06. The molecule has 63 valence electrons. The van der Waals surface area contributed by atoms with Crippen LogP contribution in [-0.4, -0.2) is 7.05 Å². The number of hydrogen-bond acceptors (Lipinski definition) is 1. The van der Waals surface area contributed by atoms with Crippen molar-refractivity contribution in [1.29, 1.82) is 0 Å². The maximum absolute atomic E-state index is 3.82. The monoisotopic (exact) mass is 160 g/mol. The molecule has 0 atom stereocenters. The van der Waals surface area contributed by atoms with Crippen LogP contribution < -0.4 is 4.90 Å². The number of rotatable bonds is 3. The van der Waals surface area contributed by atoms with Gasteiger partial charge in [0.25, 0.3) is 0 Å². The van der Waals surface area contributed by atoms with Gasteiger partial charge in [0.2, 0.25) is 0 Å². The molecule has 0 unspecified atom stereocenters. The fourth-order valence-electron chi connectivity index (χ4n) is 1.07. The standard InChI is InChI=1S/C11H14N/c1-10(2)9-12(3)11-7-5-4-6-8-11/h4-9H,1H2,2-3H3. The first-order chi connectivity index (χ1) is 5.70. The number of likely N-dealkylation sites (N-methyl/N-ethyl adjacent to an activating group) is 1. The third-order valence-corrected chi connectivity index (χ3v) is 1.58. The predicted molar refractivity (Wildman–Crippen MR) is 54.0 cm³/mol. The van der Waals surface area contributed by atoms with E-state index in [1.165, 1.54) is 5.69 Å². The van der Waals surface area contributed by atoms with E-state index in [0.717, 1.165) is 5.57 Å². The quantitative estimate of drug-likeness (QED) is 0.657. The number of benzene rings is 1. The molecule has 0 aliphatic heterocycles. The van der Waals surface area contributed by atoms with Crippen molar-refractivity contribution in [2.45, 2.75) is 6.92 Å². The number of para-hydroxylation sites is 1. The lowest BCUT2D eigenvalue weighted by atomic mass is 10.2. The second kappa shape index (κ2) is 3.96. The molecular weight excluding hydrogens is 146 g/mol. The van der Waals surface area contributed by atoms with E-state index in [9.17, 15) is 0 Å². The van der Waals surface area contributed by atoms with Gasteiger partial charge in [-0.1, -0.05) is 30.4 Å². The minimum Gasteiger partial charge on any atom is -0.365 e. The molecule has 0 saturated heterocycles. The zero-order valence-electron chi connectivity index (χ0n) is 7.62. The van der Waals surface area contributed by atoms with Crippen molar-refractivity contribution in [3.05, 3.63) is 49.0 Å². The summed E-state index contributed by atoms with van der Waals surface area (Å²) in [5.41, 5.74) is 2.24. The van der Waals surface area contributed by atoms with Crippen LogP contribution in [-0.2, 0) is 0 Å². The van der Waals surface area contributed by atoms with Crippen LogP contribution in [0.1, 0.15) is 6.92 Å². The highest BCUT2D eigenvalue weighted by molar-refractivity contribution is 5.48. The van der Waals surface area contributed by atoms with E-state index >= 15 is 0 Å². The Labute approximate surface area is 74.3 Å². The molecule has 1 aromatic rings. The van der Waals surface area contributed by atoms with Crippen molar-refractivity contribution in [2.24, 2.45) is 0 Å². The van der Waals surface area contributed by atoms with Crippen molar-refractivity contribution in [1.82, 2.24) is 0 Å². The molecule has 0 spiro atoms. The summed E-state index contributed by atoms with van der Waals surface area (Å²) in [6.45, 7) is 7.82. The molecule has 0 aliphatic carbocycles. The molecule has 1 radical (unpaired) electrons. The summed E-state index contributed by atoms with van der Waals surface area (Å²) >= 11 is 0. The second-order valence-corrected chi connectivity index (χ2v) is 2.92. The lowest BCUT2D eigenvalue weighted by Gasteiger charge is -2.17. The first-order valence-corrected chi connectivity index (χ1v) is 3.98. The first kappa shape index (κ1) is 8.85. The number of nitrogens with zero attached hydrogens (tertiary/aromatic N) is 1. The number of hydrogen-bond donors (Lipinski definition) is 0. The average molecular weight is 160 g/mol. The van der Waals surface area contributed by atoms with Gasteiger partial charge in [0.1, 0.15) is 0 Å². The largest absolute Gasteiger partial charge is 0.365 e. The van der Waals surface area contributed by atoms with Crippen molar-refractivity contribution < 1.29 is 0 Å². The summed E-state index contributed by atoms with van der Waals surface area (Å²) in [4.78, 5) is 2.06. The lowest BCUT2D eigenvalue weighted by Crippen LogP contribution is -2.12. The normalized spacial score (nSPS) is 9.50. The van der Waals surface area contributed by atoms with Gasteiger partial charge in [0.15, 0.2) is 0 Å². The van der Waals surface area contributed by atoms with Gasteiger partial charge in [0.05, 0.1) is 6.54 Å². The third kappa shape index (κ3) is 2.42. The van der Waals surface area contributed by atoms with Crippen LogP contribution >= 0.6 is 0 Å². The predicted octanol–water partition coefficient (Wildman–Crippen LogP) is 2.86. The molecule has 0 N–H and O–H groups in total. The van der Waals surface area contributed by atoms with E-state index < -0.39 is 0 Å². The number of anilines is 1. The third-order valence-electron chi connectivity index (χ3n) is 1.58. The van der Waals surface area contributed by atoms with Crippen LogP contribution in [0.15, 0.2) is 42.5 Å². The Morgan fingerprint density at radius 1 is 1.33 bits per heavy atom. The molecule has 12 heavy (non-hydrogen) atoms. The molecule has 1 rings (SSSR count). The molecule has 0 bridgehead atoms. The molecular formula is C11H14N. The van der Waals surface area contributed by atoms with Gasteiger partial charge in [-0.05, 0) is 19.1 Å². The van der Waals surface area contributed by atoms with E-state index in [4.69, 9.17) is 0 Å². The van der Waals surface area contributed by atoms with E-state index in [0.29, 0.717) is 0 Å². The maximum atomic E-state index is 3.82. The van der Waals surface area contributed by atoms with E-state index in [2.05, 4.69) is 23.6 Å². The average Bonchev–Trinajstić information content (AvgIpc) is 2.05. The molecule has 1 aromatic carbocycles. The Bertz CT molecular complexity index is 251. The fraction of sp³-hybridized carbons (Fsp3) is 0.182. The Balaban J connectivity index is 2.65. The zero-order valence-corrected chi connectivity index (χ0v) is 7.62. The Hall–Kier alpha value is -1.24. The van der Waals surface area contributed by atoms with Crippen molar-refractivity contribution in [2.75, 3.05) is 11.9 Å². The highest BCUT2D eigenvalue weighted by Crippen LogP contribution is 2.14. The summed E-state index contributed by atoms with van der Waals surface area (Å²) in [6, 6.07) is 10.2. The smallest absolute Gasteiger partial charge is 0.0735 e. The Morgan fingerprint density at radius 2 is 1.92 bits per heavy atom. The van der Waals surface area contributed by atoms with Crippen LogP contribution in [0.2, 0.25) is 0 Å². The fourth-order valence-corrected chi connectivity index (χ4v) is 1.07. The van der Waals surface area contributed by atoms with Gasteiger partial charge in [-0.2, -0.15) is 0 Å². The van der Waals surface area contributed by atoms with Gasteiger partial charge in [-0.15, -0.1) is 0 Å². The van der Waals surface area contributed by atoms with E-state index in [1.807, 2.05) is 38.7 Å². The van der Waals surface area contributed by atoms with Gasteiger partial charge >= 0.3 is 0 Å². The summed E-state index contributed by atoms with van der Waals surface area (Å²) in [6.07, 6.45) is 0. The van der Waals surface area contributed by atoms with Crippen LogP contribution in [0.3, 0.4) is 0 Å². The maximum Gasteiger partial charge on any atom is 0.0735 e. The first-order valence-electron chi connectivity index (χ1n) is 3.98.